The fraction of sp³-hybridized carbons (Fsp3) is 0.133. The molecule has 0 radical (unpaired) electrons. The lowest BCUT2D eigenvalue weighted by molar-refractivity contribution is -0.137. The second kappa shape index (κ2) is 5.39. The molecule has 0 aliphatic heterocycles. The summed E-state index contributed by atoms with van der Waals surface area (Å²) in [5, 5.41) is 4.70. The zero-order chi connectivity index (χ0) is 15.9. The molecule has 114 valence electrons. The predicted octanol–water partition coefficient (Wildman–Crippen LogP) is 5.08. The van der Waals surface area contributed by atoms with Crippen molar-refractivity contribution in [3.63, 3.8) is 0 Å². The van der Waals surface area contributed by atoms with E-state index in [0.717, 1.165) is 6.07 Å². The number of aromatic nitrogens is 2. The Morgan fingerprint density at radius 2 is 1.86 bits per heavy atom. The van der Waals surface area contributed by atoms with Gasteiger partial charge in [-0.2, -0.15) is 18.3 Å². The predicted molar refractivity (Wildman–Crippen MR) is 78.7 cm³/mol. The number of hydrogen-bond donors (Lipinski definition) is 0. The van der Waals surface area contributed by atoms with Gasteiger partial charge in [0.05, 0.1) is 23.0 Å². The fourth-order valence-electron chi connectivity index (χ4n) is 2.28. The monoisotopic (exact) mass is 372 g/mol. The van der Waals surface area contributed by atoms with Gasteiger partial charge in [0.1, 0.15) is 5.82 Å². The minimum atomic E-state index is -4.49. The van der Waals surface area contributed by atoms with Gasteiger partial charge >= 0.3 is 6.18 Å². The van der Waals surface area contributed by atoms with Crippen LogP contribution in [0, 0.1) is 5.82 Å². The molecule has 3 aromatic rings. The van der Waals surface area contributed by atoms with Crippen LogP contribution in [0.4, 0.5) is 17.6 Å². The number of nitrogens with zero attached hydrogens (tertiary/aromatic N) is 2. The maximum Gasteiger partial charge on any atom is 0.418 e. The molecule has 0 aliphatic rings. The van der Waals surface area contributed by atoms with E-state index in [0.29, 0.717) is 16.5 Å². The number of alkyl halides is 4. The van der Waals surface area contributed by atoms with E-state index >= 15 is 0 Å². The number of benzene rings is 2. The highest BCUT2D eigenvalue weighted by atomic mass is 79.9. The van der Waals surface area contributed by atoms with E-state index in [4.69, 9.17) is 0 Å². The van der Waals surface area contributed by atoms with Gasteiger partial charge in [-0.15, -0.1) is 0 Å². The summed E-state index contributed by atoms with van der Waals surface area (Å²) < 4.78 is 54.4. The lowest BCUT2D eigenvalue weighted by Gasteiger charge is -2.13. The van der Waals surface area contributed by atoms with E-state index in [-0.39, 0.29) is 11.0 Å². The van der Waals surface area contributed by atoms with Crippen LogP contribution in [0.3, 0.4) is 0 Å². The van der Waals surface area contributed by atoms with Crippen LogP contribution in [0.1, 0.15) is 11.1 Å². The van der Waals surface area contributed by atoms with E-state index in [2.05, 4.69) is 21.0 Å². The van der Waals surface area contributed by atoms with Crippen molar-refractivity contribution in [3.8, 4) is 5.69 Å². The van der Waals surface area contributed by atoms with Gasteiger partial charge in [-0.1, -0.05) is 28.1 Å². The van der Waals surface area contributed by atoms with Crippen LogP contribution in [0.15, 0.2) is 42.6 Å². The average Bonchev–Trinajstić information content (AvgIpc) is 2.88. The Bertz CT molecular complexity index is 839. The fourth-order valence-corrected chi connectivity index (χ4v) is 2.71. The molecule has 3 rings (SSSR count). The third-order valence-corrected chi connectivity index (χ3v) is 3.92. The van der Waals surface area contributed by atoms with Crippen molar-refractivity contribution < 1.29 is 17.6 Å². The average molecular weight is 373 g/mol. The molecule has 22 heavy (non-hydrogen) atoms. The maximum atomic E-state index is 13.8. The molecule has 1 aromatic heterocycles. The largest absolute Gasteiger partial charge is 0.418 e. The van der Waals surface area contributed by atoms with Crippen molar-refractivity contribution in [1.29, 1.82) is 0 Å². The normalized spacial score (nSPS) is 12.0. The molecule has 0 spiro atoms. The van der Waals surface area contributed by atoms with Gasteiger partial charge in [0.2, 0.25) is 0 Å². The van der Waals surface area contributed by atoms with E-state index in [9.17, 15) is 17.6 Å². The van der Waals surface area contributed by atoms with Gasteiger partial charge in [-0.05, 0) is 24.3 Å². The number of hydrogen-bond acceptors (Lipinski definition) is 1. The SMILES string of the molecule is Fc1cc2cnn(-c3ccccc3C(F)(F)F)c2cc1CBr. The van der Waals surface area contributed by atoms with Gasteiger partial charge in [-0.25, -0.2) is 9.07 Å². The molecule has 0 atom stereocenters. The zero-order valence-corrected chi connectivity index (χ0v) is 12.6. The smallest absolute Gasteiger partial charge is 0.232 e. The number of para-hydroxylation sites is 1. The third-order valence-electron chi connectivity index (χ3n) is 3.32. The first-order valence-electron chi connectivity index (χ1n) is 6.30. The van der Waals surface area contributed by atoms with E-state index in [1.165, 1.54) is 41.2 Å². The summed E-state index contributed by atoms with van der Waals surface area (Å²) in [4.78, 5) is 0. The first-order valence-corrected chi connectivity index (χ1v) is 7.42. The first-order chi connectivity index (χ1) is 10.4. The number of halogens is 5. The number of rotatable bonds is 2. The highest BCUT2D eigenvalue weighted by Gasteiger charge is 2.34. The second-order valence-electron chi connectivity index (χ2n) is 4.71. The van der Waals surface area contributed by atoms with Gasteiger partial charge < -0.3 is 0 Å². The number of fused-ring (bicyclic) bond motifs is 1. The zero-order valence-electron chi connectivity index (χ0n) is 11.0. The van der Waals surface area contributed by atoms with Crippen LogP contribution in [-0.4, -0.2) is 9.78 Å². The van der Waals surface area contributed by atoms with Gasteiger partial charge in [0.15, 0.2) is 0 Å². The molecule has 0 saturated carbocycles. The summed E-state index contributed by atoms with van der Waals surface area (Å²) in [7, 11) is 0. The van der Waals surface area contributed by atoms with Crippen molar-refractivity contribution in [2.45, 2.75) is 11.5 Å². The molecule has 0 N–H and O–H groups in total. The lowest BCUT2D eigenvalue weighted by atomic mass is 10.1. The summed E-state index contributed by atoms with van der Waals surface area (Å²) in [6, 6.07) is 7.93. The molecular weight excluding hydrogens is 364 g/mol. The molecule has 2 aromatic carbocycles. The van der Waals surface area contributed by atoms with Crippen LogP contribution in [0.2, 0.25) is 0 Å². The molecule has 0 aliphatic carbocycles. The molecule has 0 amide bonds. The summed E-state index contributed by atoms with van der Waals surface area (Å²) in [6.07, 6.45) is -3.14. The molecule has 1 heterocycles. The third kappa shape index (κ3) is 2.49. The van der Waals surface area contributed by atoms with Gasteiger partial charge in [0, 0.05) is 16.3 Å². The molecule has 7 heteroatoms. The van der Waals surface area contributed by atoms with Crippen LogP contribution in [0.5, 0.6) is 0 Å². The Labute approximate surface area is 131 Å². The first kappa shape index (κ1) is 15.0. The molecule has 0 saturated heterocycles. The highest BCUT2D eigenvalue weighted by molar-refractivity contribution is 9.08. The van der Waals surface area contributed by atoms with Gasteiger partial charge in [-0.3, -0.25) is 0 Å². The van der Waals surface area contributed by atoms with Crippen LogP contribution in [-0.2, 0) is 11.5 Å². The Balaban J connectivity index is 2.28. The standard InChI is InChI=1S/C15H9BrF4N2/c16-7-9-6-14-10(5-12(9)17)8-21-22(14)13-4-2-1-3-11(13)15(18,19)20/h1-6,8H,7H2. The van der Waals surface area contributed by atoms with Crippen LogP contribution >= 0.6 is 15.9 Å². The van der Waals surface area contributed by atoms with E-state index in [1.807, 2.05) is 0 Å². The Morgan fingerprint density at radius 3 is 2.55 bits per heavy atom. The highest BCUT2D eigenvalue weighted by Crippen LogP contribution is 2.34. The van der Waals surface area contributed by atoms with Crippen LogP contribution in [0.25, 0.3) is 16.6 Å². The Kier molecular flexibility index (Phi) is 3.68. The van der Waals surface area contributed by atoms with Gasteiger partial charge in [0.25, 0.3) is 0 Å². The van der Waals surface area contributed by atoms with Crippen molar-refractivity contribution in [2.75, 3.05) is 0 Å². The minimum absolute atomic E-state index is 0.0860. The molecule has 2 nitrogen and oxygen atoms in total. The quantitative estimate of drug-likeness (QED) is 0.453. The summed E-state index contributed by atoms with van der Waals surface area (Å²) in [5.41, 5.74) is -0.0897. The Morgan fingerprint density at radius 1 is 1.14 bits per heavy atom. The van der Waals surface area contributed by atoms with E-state index in [1.54, 1.807) is 0 Å². The molecular formula is C15H9BrF4N2. The Hall–Kier alpha value is -1.89. The van der Waals surface area contributed by atoms with Crippen molar-refractivity contribution in [3.05, 3.63) is 59.5 Å². The molecule has 0 bridgehead atoms. The van der Waals surface area contributed by atoms with Crippen molar-refractivity contribution in [2.24, 2.45) is 0 Å². The van der Waals surface area contributed by atoms with Crippen molar-refractivity contribution in [1.82, 2.24) is 9.78 Å². The molecule has 0 fully saturated rings. The maximum absolute atomic E-state index is 13.8. The topological polar surface area (TPSA) is 17.8 Å². The summed E-state index contributed by atoms with van der Waals surface area (Å²) >= 11 is 3.16. The van der Waals surface area contributed by atoms with E-state index < -0.39 is 17.6 Å². The molecule has 0 unspecified atom stereocenters. The summed E-state index contributed by atoms with van der Waals surface area (Å²) in [5.74, 6) is -0.423. The van der Waals surface area contributed by atoms with Crippen molar-refractivity contribution >= 4 is 26.8 Å². The summed E-state index contributed by atoms with van der Waals surface area (Å²) in [6.45, 7) is 0. The van der Waals surface area contributed by atoms with Crippen LogP contribution < -0.4 is 0 Å². The second-order valence-corrected chi connectivity index (χ2v) is 5.27. The lowest BCUT2D eigenvalue weighted by Crippen LogP contribution is -2.11. The minimum Gasteiger partial charge on any atom is -0.232 e.